The number of rotatable bonds is 3. The summed E-state index contributed by atoms with van der Waals surface area (Å²) >= 11 is 7.33. The largest absolute Gasteiger partial charge is 0.416 e. The van der Waals surface area contributed by atoms with Crippen LogP contribution in [0.1, 0.15) is 29.0 Å². The molecule has 1 unspecified atom stereocenters. The van der Waals surface area contributed by atoms with Gasteiger partial charge < -0.3 is 5.32 Å². The third kappa shape index (κ3) is 3.46. The third-order valence-electron chi connectivity index (χ3n) is 2.90. The van der Waals surface area contributed by atoms with Crippen LogP contribution in [0.5, 0.6) is 0 Å². The summed E-state index contributed by atoms with van der Waals surface area (Å²) in [5, 5.41) is 5.09. The van der Waals surface area contributed by atoms with Crippen molar-refractivity contribution in [1.82, 2.24) is 0 Å². The molecule has 0 aliphatic carbocycles. The van der Waals surface area contributed by atoms with Crippen LogP contribution in [-0.4, -0.2) is 0 Å². The van der Waals surface area contributed by atoms with E-state index in [9.17, 15) is 13.2 Å². The Morgan fingerprint density at radius 1 is 1.25 bits per heavy atom. The molecule has 1 aromatic heterocycles. The van der Waals surface area contributed by atoms with Crippen molar-refractivity contribution < 1.29 is 13.2 Å². The van der Waals surface area contributed by atoms with Crippen molar-refractivity contribution in [3.63, 3.8) is 0 Å². The van der Waals surface area contributed by atoms with E-state index in [2.05, 4.69) is 5.32 Å². The smallest absolute Gasteiger partial charge is 0.378 e. The zero-order valence-corrected chi connectivity index (χ0v) is 12.5. The quantitative estimate of drug-likeness (QED) is 0.742. The average Bonchev–Trinajstić information content (AvgIpc) is 2.73. The maximum atomic E-state index is 12.7. The summed E-state index contributed by atoms with van der Waals surface area (Å²) in [5.74, 6) is 0. The van der Waals surface area contributed by atoms with E-state index in [1.54, 1.807) is 11.3 Å². The Balaban J connectivity index is 2.26. The highest BCUT2D eigenvalue weighted by molar-refractivity contribution is 7.10. The SMILES string of the molecule is Cc1ccsc1C(C)Nc1cc(Cl)cc(C(F)(F)F)c1. The minimum atomic E-state index is -4.40. The molecule has 1 nitrogen and oxygen atoms in total. The predicted molar refractivity (Wildman–Crippen MR) is 77.5 cm³/mol. The second-order valence-electron chi connectivity index (χ2n) is 4.56. The molecule has 1 atom stereocenters. The minimum absolute atomic E-state index is 0.0671. The summed E-state index contributed by atoms with van der Waals surface area (Å²) in [6.45, 7) is 3.89. The average molecular weight is 320 g/mol. The Morgan fingerprint density at radius 2 is 1.95 bits per heavy atom. The Kier molecular flexibility index (Phi) is 4.30. The van der Waals surface area contributed by atoms with Crippen LogP contribution in [0, 0.1) is 6.92 Å². The maximum Gasteiger partial charge on any atom is 0.416 e. The van der Waals surface area contributed by atoms with Crippen LogP contribution in [0.15, 0.2) is 29.6 Å². The number of thiophene rings is 1. The molecule has 0 aliphatic rings. The first kappa shape index (κ1) is 15.2. The number of aryl methyl sites for hydroxylation is 1. The molecule has 1 heterocycles. The molecule has 1 N–H and O–H groups in total. The van der Waals surface area contributed by atoms with Crippen molar-refractivity contribution >= 4 is 28.6 Å². The van der Waals surface area contributed by atoms with Crippen LogP contribution < -0.4 is 5.32 Å². The minimum Gasteiger partial charge on any atom is -0.378 e. The number of alkyl halides is 3. The van der Waals surface area contributed by atoms with Gasteiger partial charge in [-0.15, -0.1) is 11.3 Å². The van der Waals surface area contributed by atoms with Crippen LogP contribution in [-0.2, 0) is 6.18 Å². The number of hydrogen-bond acceptors (Lipinski definition) is 2. The summed E-state index contributed by atoms with van der Waals surface area (Å²) in [6.07, 6.45) is -4.40. The first-order chi connectivity index (χ1) is 9.27. The van der Waals surface area contributed by atoms with Gasteiger partial charge >= 0.3 is 6.18 Å². The lowest BCUT2D eigenvalue weighted by Crippen LogP contribution is -2.09. The highest BCUT2D eigenvalue weighted by Gasteiger charge is 2.31. The van der Waals surface area contributed by atoms with Gasteiger partial charge in [0, 0.05) is 15.6 Å². The van der Waals surface area contributed by atoms with Gasteiger partial charge in [-0.05, 0) is 49.1 Å². The van der Waals surface area contributed by atoms with Crippen LogP contribution in [0.4, 0.5) is 18.9 Å². The van der Waals surface area contributed by atoms with Crippen LogP contribution in [0.2, 0.25) is 5.02 Å². The van der Waals surface area contributed by atoms with Crippen molar-refractivity contribution in [2.24, 2.45) is 0 Å². The molecular weight excluding hydrogens is 307 g/mol. The number of benzene rings is 1. The van der Waals surface area contributed by atoms with Crippen molar-refractivity contribution in [1.29, 1.82) is 0 Å². The predicted octanol–water partition coefficient (Wildman–Crippen LogP) is 5.90. The van der Waals surface area contributed by atoms with E-state index in [1.165, 1.54) is 6.07 Å². The van der Waals surface area contributed by atoms with Gasteiger partial charge in [-0.3, -0.25) is 0 Å². The Bertz CT molecular complexity index is 607. The molecule has 0 aliphatic heterocycles. The third-order valence-corrected chi connectivity index (χ3v) is 4.32. The zero-order chi connectivity index (χ0) is 14.9. The molecule has 20 heavy (non-hydrogen) atoms. The second kappa shape index (κ2) is 5.66. The Morgan fingerprint density at radius 3 is 2.50 bits per heavy atom. The fraction of sp³-hybridized carbons (Fsp3) is 0.286. The molecule has 6 heteroatoms. The van der Waals surface area contributed by atoms with E-state index in [4.69, 9.17) is 11.6 Å². The van der Waals surface area contributed by atoms with Gasteiger partial charge in [0.2, 0.25) is 0 Å². The lowest BCUT2D eigenvalue weighted by atomic mass is 10.1. The van der Waals surface area contributed by atoms with Crippen molar-refractivity contribution in [3.8, 4) is 0 Å². The highest BCUT2D eigenvalue weighted by atomic mass is 35.5. The topological polar surface area (TPSA) is 12.0 Å². The van der Waals surface area contributed by atoms with Gasteiger partial charge in [-0.25, -0.2) is 0 Å². The van der Waals surface area contributed by atoms with E-state index in [0.29, 0.717) is 5.69 Å². The molecule has 0 spiro atoms. The van der Waals surface area contributed by atoms with Crippen LogP contribution in [0.3, 0.4) is 0 Å². The van der Waals surface area contributed by atoms with E-state index >= 15 is 0 Å². The molecule has 0 bridgehead atoms. The molecule has 1 aromatic carbocycles. The standard InChI is InChI=1S/C14H13ClF3NS/c1-8-3-4-20-13(8)9(2)19-12-6-10(14(16,17)18)5-11(15)7-12/h3-7,9,19H,1-2H3. The van der Waals surface area contributed by atoms with Gasteiger partial charge in [-0.2, -0.15) is 13.2 Å². The van der Waals surface area contributed by atoms with Gasteiger partial charge in [0.15, 0.2) is 0 Å². The molecule has 0 saturated heterocycles. The lowest BCUT2D eigenvalue weighted by Gasteiger charge is -2.17. The number of anilines is 1. The van der Waals surface area contributed by atoms with Crippen LogP contribution in [0.25, 0.3) is 0 Å². The molecule has 2 rings (SSSR count). The fourth-order valence-electron chi connectivity index (χ4n) is 1.98. The Labute approximate surface area is 124 Å². The van der Waals surface area contributed by atoms with E-state index < -0.39 is 11.7 Å². The molecule has 108 valence electrons. The summed E-state index contributed by atoms with van der Waals surface area (Å²) < 4.78 is 38.2. The maximum absolute atomic E-state index is 12.7. The monoisotopic (exact) mass is 319 g/mol. The van der Waals surface area contributed by atoms with E-state index in [1.807, 2.05) is 25.3 Å². The molecule has 0 fully saturated rings. The molecule has 2 aromatic rings. The molecule has 0 amide bonds. The highest BCUT2D eigenvalue weighted by Crippen LogP contribution is 2.34. The van der Waals surface area contributed by atoms with Gasteiger partial charge in [0.05, 0.1) is 11.6 Å². The summed E-state index contributed by atoms with van der Waals surface area (Å²) in [7, 11) is 0. The number of halogens is 4. The first-order valence-corrected chi connectivity index (χ1v) is 7.21. The van der Waals surface area contributed by atoms with Crippen LogP contribution >= 0.6 is 22.9 Å². The van der Waals surface area contributed by atoms with Crippen molar-refractivity contribution in [2.75, 3.05) is 5.32 Å². The normalized spacial score (nSPS) is 13.3. The molecule has 0 radical (unpaired) electrons. The van der Waals surface area contributed by atoms with Gasteiger partial charge in [0.1, 0.15) is 0 Å². The number of nitrogens with one attached hydrogen (secondary N) is 1. The zero-order valence-electron chi connectivity index (χ0n) is 10.9. The summed E-state index contributed by atoms with van der Waals surface area (Å²) in [6, 6.07) is 5.40. The van der Waals surface area contributed by atoms with Crippen molar-refractivity contribution in [2.45, 2.75) is 26.1 Å². The first-order valence-electron chi connectivity index (χ1n) is 5.95. The summed E-state index contributed by atoms with van der Waals surface area (Å²) in [5.41, 5.74) is 0.737. The van der Waals surface area contributed by atoms with Gasteiger partial charge in [-0.1, -0.05) is 11.6 Å². The van der Waals surface area contributed by atoms with E-state index in [0.717, 1.165) is 22.6 Å². The lowest BCUT2D eigenvalue weighted by molar-refractivity contribution is -0.137. The second-order valence-corrected chi connectivity index (χ2v) is 5.94. The summed E-state index contributed by atoms with van der Waals surface area (Å²) in [4.78, 5) is 1.10. The van der Waals surface area contributed by atoms with E-state index in [-0.39, 0.29) is 11.1 Å². The van der Waals surface area contributed by atoms with Crippen molar-refractivity contribution in [3.05, 3.63) is 50.7 Å². The molecule has 0 saturated carbocycles. The van der Waals surface area contributed by atoms with Gasteiger partial charge in [0.25, 0.3) is 0 Å². The Hall–Kier alpha value is -1.20. The molecular formula is C14H13ClF3NS. The fourth-order valence-corrected chi connectivity index (χ4v) is 3.15. The number of hydrogen-bond donors (Lipinski definition) is 1.